The molecule has 3 rings (SSSR count). The normalized spacial score (nSPS) is 13.6. The van der Waals surface area contributed by atoms with E-state index in [4.69, 9.17) is 14.2 Å². The Morgan fingerprint density at radius 1 is 1.11 bits per heavy atom. The Hall–Kier alpha value is -3.16. The van der Waals surface area contributed by atoms with E-state index in [1.807, 2.05) is 0 Å². The number of esters is 1. The lowest BCUT2D eigenvalue weighted by Crippen LogP contribution is -2.30. The summed E-state index contributed by atoms with van der Waals surface area (Å²) in [5.74, 6) is -1.76. The smallest absolute Gasteiger partial charge is 0.311 e. The van der Waals surface area contributed by atoms with Crippen molar-refractivity contribution in [3.8, 4) is 11.5 Å². The maximum atomic E-state index is 13.6. The van der Waals surface area contributed by atoms with Crippen LogP contribution < -0.4 is 14.8 Å². The molecule has 142 valence electrons. The summed E-state index contributed by atoms with van der Waals surface area (Å²) in [6.45, 7) is 2.23. The Morgan fingerprint density at radius 2 is 1.85 bits per heavy atom. The molecule has 2 aromatic rings. The van der Waals surface area contributed by atoms with Crippen LogP contribution in [-0.2, 0) is 20.7 Å². The van der Waals surface area contributed by atoms with Crippen LogP contribution >= 0.6 is 0 Å². The van der Waals surface area contributed by atoms with Gasteiger partial charge in [0, 0.05) is 6.07 Å². The molecule has 0 bridgehead atoms. The monoisotopic (exact) mass is 377 g/mol. The van der Waals surface area contributed by atoms with E-state index in [1.54, 1.807) is 18.2 Å². The summed E-state index contributed by atoms with van der Waals surface area (Å²) in [5, 5.41) is 2.19. The van der Waals surface area contributed by atoms with E-state index in [9.17, 15) is 18.4 Å². The maximum Gasteiger partial charge on any atom is 0.311 e. The van der Waals surface area contributed by atoms with Crippen LogP contribution in [0, 0.1) is 11.6 Å². The topological polar surface area (TPSA) is 73.9 Å². The Kier molecular flexibility index (Phi) is 5.54. The predicted molar refractivity (Wildman–Crippen MR) is 91.7 cm³/mol. The van der Waals surface area contributed by atoms with E-state index < -0.39 is 29.6 Å². The van der Waals surface area contributed by atoms with E-state index in [0.29, 0.717) is 30.3 Å². The summed E-state index contributed by atoms with van der Waals surface area (Å²) >= 11 is 0. The number of halogens is 2. The standard InChI is InChI=1S/C19H17F2NO5/c1-11(19(24)22-15-10-13(20)3-4-14(15)21)27-18(23)9-12-2-5-16-17(8-12)26-7-6-25-16/h2-5,8,10-11H,6-7,9H2,1H3,(H,22,24)/t11-/m0/s1. The molecule has 0 saturated carbocycles. The van der Waals surface area contributed by atoms with Crippen LogP contribution in [0.5, 0.6) is 11.5 Å². The highest BCUT2D eigenvalue weighted by Gasteiger charge is 2.20. The third-order valence-corrected chi connectivity index (χ3v) is 3.82. The van der Waals surface area contributed by atoms with Crippen LogP contribution in [0.4, 0.5) is 14.5 Å². The van der Waals surface area contributed by atoms with Gasteiger partial charge in [0.15, 0.2) is 17.6 Å². The zero-order chi connectivity index (χ0) is 19.4. The fraction of sp³-hybridized carbons (Fsp3) is 0.263. The van der Waals surface area contributed by atoms with Crippen molar-refractivity contribution in [2.45, 2.75) is 19.4 Å². The first-order chi connectivity index (χ1) is 12.9. The number of benzene rings is 2. The number of amides is 1. The zero-order valence-electron chi connectivity index (χ0n) is 14.5. The SMILES string of the molecule is C[C@H](OC(=O)Cc1ccc2c(c1)OCCO2)C(=O)Nc1cc(F)ccc1F. The second-order valence-electron chi connectivity index (χ2n) is 5.90. The number of hydrogen-bond acceptors (Lipinski definition) is 5. The number of nitrogens with one attached hydrogen (secondary N) is 1. The molecule has 0 aromatic heterocycles. The molecule has 27 heavy (non-hydrogen) atoms. The molecule has 2 aromatic carbocycles. The van der Waals surface area contributed by atoms with Gasteiger partial charge < -0.3 is 19.5 Å². The second-order valence-corrected chi connectivity index (χ2v) is 5.90. The van der Waals surface area contributed by atoms with Gasteiger partial charge in [0.05, 0.1) is 12.1 Å². The Labute approximate surface area is 154 Å². The van der Waals surface area contributed by atoms with Crippen LogP contribution in [0.1, 0.15) is 12.5 Å². The average Bonchev–Trinajstić information content (AvgIpc) is 2.64. The summed E-state index contributed by atoms with van der Waals surface area (Å²) in [5.41, 5.74) is 0.308. The summed E-state index contributed by atoms with van der Waals surface area (Å²) < 4.78 is 42.6. The third-order valence-electron chi connectivity index (χ3n) is 3.82. The minimum atomic E-state index is -1.18. The highest BCUT2D eigenvalue weighted by atomic mass is 19.1. The summed E-state index contributed by atoms with van der Waals surface area (Å²) in [6, 6.07) is 7.73. The Bertz CT molecular complexity index is 871. The zero-order valence-corrected chi connectivity index (χ0v) is 14.5. The van der Waals surface area contributed by atoms with Crippen molar-refractivity contribution in [3.63, 3.8) is 0 Å². The minimum absolute atomic E-state index is 0.0808. The summed E-state index contributed by atoms with van der Waals surface area (Å²) in [6.07, 6.45) is -1.26. The molecule has 0 unspecified atom stereocenters. The van der Waals surface area contributed by atoms with Crippen molar-refractivity contribution in [1.82, 2.24) is 0 Å². The first-order valence-electron chi connectivity index (χ1n) is 8.26. The van der Waals surface area contributed by atoms with Crippen molar-refractivity contribution >= 4 is 17.6 Å². The molecule has 1 aliphatic rings. The van der Waals surface area contributed by atoms with E-state index in [0.717, 1.165) is 18.2 Å². The van der Waals surface area contributed by atoms with Gasteiger partial charge in [-0.25, -0.2) is 8.78 Å². The van der Waals surface area contributed by atoms with Crippen LogP contribution in [0.25, 0.3) is 0 Å². The molecule has 0 saturated heterocycles. The van der Waals surface area contributed by atoms with Crippen LogP contribution in [-0.4, -0.2) is 31.2 Å². The van der Waals surface area contributed by atoms with Gasteiger partial charge in [-0.1, -0.05) is 6.07 Å². The largest absolute Gasteiger partial charge is 0.486 e. The van der Waals surface area contributed by atoms with E-state index in [-0.39, 0.29) is 12.1 Å². The number of hydrogen-bond donors (Lipinski definition) is 1. The second kappa shape index (κ2) is 8.03. The van der Waals surface area contributed by atoms with Gasteiger partial charge in [-0.3, -0.25) is 9.59 Å². The molecular formula is C19H17F2NO5. The van der Waals surface area contributed by atoms with E-state index >= 15 is 0 Å². The molecule has 1 amide bonds. The van der Waals surface area contributed by atoms with Crippen LogP contribution in [0.3, 0.4) is 0 Å². The van der Waals surface area contributed by atoms with Gasteiger partial charge in [0.25, 0.3) is 5.91 Å². The molecule has 0 spiro atoms. The fourth-order valence-corrected chi connectivity index (χ4v) is 2.48. The summed E-state index contributed by atoms with van der Waals surface area (Å²) in [7, 11) is 0. The number of anilines is 1. The van der Waals surface area contributed by atoms with Crippen molar-refractivity contribution in [3.05, 3.63) is 53.6 Å². The van der Waals surface area contributed by atoms with Gasteiger partial charge in [-0.2, -0.15) is 0 Å². The number of fused-ring (bicyclic) bond motifs is 1. The van der Waals surface area contributed by atoms with Gasteiger partial charge in [0.2, 0.25) is 0 Å². The Morgan fingerprint density at radius 3 is 2.63 bits per heavy atom. The fourth-order valence-electron chi connectivity index (χ4n) is 2.48. The Balaban J connectivity index is 1.57. The van der Waals surface area contributed by atoms with Crippen LogP contribution in [0.2, 0.25) is 0 Å². The highest BCUT2D eigenvalue weighted by molar-refractivity contribution is 5.95. The third kappa shape index (κ3) is 4.72. The molecule has 0 fully saturated rings. The lowest BCUT2D eigenvalue weighted by molar-refractivity contribution is -0.152. The van der Waals surface area contributed by atoms with Crippen molar-refractivity contribution < 1.29 is 32.6 Å². The van der Waals surface area contributed by atoms with E-state index in [1.165, 1.54) is 6.92 Å². The molecule has 0 radical (unpaired) electrons. The molecule has 1 atom stereocenters. The van der Waals surface area contributed by atoms with Crippen molar-refractivity contribution in [2.75, 3.05) is 18.5 Å². The molecule has 1 N–H and O–H groups in total. The number of carbonyl (C=O) groups excluding carboxylic acids is 2. The predicted octanol–water partition coefficient (Wildman–Crippen LogP) is 2.85. The molecule has 6 nitrogen and oxygen atoms in total. The molecule has 1 heterocycles. The number of rotatable bonds is 5. The quantitative estimate of drug-likeness (QED) is 0.811. The lowest BCUT2D eigenvalue weighted by atomic mass is 10.1. The van der Waals surface area contributed by atoms with E-state index in [2.05, 4.69) is 5.32 Å². The van der Waals surface area contributed by atoms with Gasteiger partial charge in [-0.15, -0.1) is 0 Å². The number of carbonyl (C=O) groups is 2. The summed E-state index contributed by atoms with van der Waals surface area (Å²) in [4.78, 5) is 24.1. The molecule has 1 aliphatic heterocycles. The van der Waals surface area contributed by atoms with Crippen LogP contribution in [0.15, 0.2) is 36.4 Å². The highest BCUT2D eigenvalue weighted by Crippen LogP contribution is 2.30. The number of ether oxygens (including phenoxy) is 3. The molecule has 0 aliphatic carbocycles. The molecular weight excluding hydrogens is 360 g/mol. The first kappa shape index (κ1) is 18.6. The van der Waals surface area contributed by atoms with Gasteiger partial charge in [0.1, 0.15) is 24.8 Å². The van der Waals surface area contributed by atoms with Gasteiger partial charge in [-0.05, 0) is 36.8 Å². The lowest BCUT2D eigenvalue weighted by Gasteiger charge is -2.19. The minimum Gasteiger partial charge on any atom is -0.486 e. The average molecular weight is 377 g/mol. The molecule has 8 heteroatoms. The maximum absolute atomic E-state index is 13.6. The van der Waals surface area contributed by atoms with Crippen molar-refractivity contribution in [2.24, 2.45) is 0 Å². The first-order valence-corrected chi connectivity index (χ1v) is 8.26. The van der Waals surface area contributed by atoms with Gasteiger partial charge >= 0.3 is 5.97 Å². The van der Waals surface area contributed by atoms with Crippen molar-refractivity contribution in [1.29, 1.82) is 0 Å².